The summed E-state index contributed by atoms with van der Waals surface area (Å²) < 4.78 is 10.2. The summed E-state index contributed by atoms with van der Waals surface area (Å²) in [6.07, 6.45) is 2.56. The zero-order chi connectivity index (χ0) is 21.7. The number of amides is 1. The van der Waals surface area contributed by atoms with Crippen molar-refractivity contribution in [2.75, 3.05) is 18.5 Å². The van der Waals surface area contributed by atoms with E-state index in [-0.39, 0.29) is 13.0 Å². The third-order valence-corrected chi connectivity index (χ3v) is 5.88. The Kier molecular flexibility index (Phi) is 6.89. The Hall–Kier alpha value is -3.13. The summed E-state index contributed by atoms with van der Waals surface area (Å²) in [4.78, 5) is 40.6. The summed E-state index contributed by atoms with van der Waals surface area (Å²) in [6.45, 7) is 5.22. The van der Waals surface area contributed by atoms with Crippen LogP contribution in [0.5, 0.6) is 0 Å². The van der Waals surface area contributed by atoms with Crippen LogP contribution in [0.1, 0.15) is 39.7 Å². The summed E-state index contributed by atoms with van der Waals surface area (Å²) in [7, 11) is 0. The van der Waals surface area contributed by atoms with E-state index in [4.69, 9.17) is 9.47 Å². The number of nitrogens with one attached hydrogen (secondary N) is 2. The molecule has 3 rings (SSSR count). The molecule has 2 aromatic heterocycles. The fourth-order valence-corrected chi connectivity index (χ4v) is 4.18. The largest absolute Gasteiger partial charge is 0.462 e. The summed E-state index contributed by atoms with van der Waals surface area (Å²) >= 11 is 1.29. The van der Waals surface area contributed by atoms with Crippen molar-refractivity contribution in [2.45, 2.75) is 33.6 Å². The van der Waals surface area contributed by atoms with E-state index in [0.717, 1.165) is 26.9 Å². The van der Waals surface area contributed by atoms with Crippen LogP contribution in [-0.2, 0) is 25.5 Å². The number of thiophene rings is 1. The number of rotatable bonds is 8. The average molecular weight is 429 g/mol. The number of aromatic nitrogens is 1. The van der Waals surface area contributed by atoms with E-state index in [2.05, 4.69) is 10.3 Å². The molecule has 2 N–H and O–H groups in total. The minimum atomic E-state index is -0.498. The Balaban J connectivity index is 1.53. The molecule has 8 heteroatoms. The predicted molar refractivity (Wildman–Crippen MR) is 116 cm³/mol. The second-order valence-corrected chi connectivity index (χ2v) is 8.00. The number of carbonyl (C=O) groups is 3. The number of aryl methyl sites for hydroxylation is 2. The number of fused-ring (bicyclic) bond motifs is 1. The number of esters is 2. The molecule has 1 amide bonds. The lowest BCUT2D eigenvalue weighted by atomic mass is 10.1. The smallest absolute Gasteiger partial charge is 0.341 e. The highest BCUT2D eigenvalue weighted by Gasteiger charge is 2.22. The van der Waals surface area contributed by atoms with Gasteiger partial charge in [-0.1, -0.05) is 18.2 Å². The van der Waals surface area contributed by atoms with Crippen molar-refractivity contribution in [1.29, 1.82) is 0 Å². The lowest BCUT2D eigenvalue weighted by molar-refractivity contribution is -0.147. The van der Waals surface area contributed by atoms with E-state index in [1.165, 1.54) is 11.3 Å². The van der Waals surface area contributed by atoms with E-state index in [9.17, 15) is 14.4 Å². The fraction of sp³-hybridized carbons (Fsp3) is 0.318. The average Bonchev–Trinajstić information content (AvgIpc) is 3.25. The SMILES string of the molecule is CCOC(=O)c1c(NC(=O)COC(=O)CCc2c[nH]c3ccccc23)sc(C)c1C. The van der Waals surface area contributed by atoms with Gasteiger partial charge in [0.25, 0.3) is 5.91 Å². The Bertz CT molecular complexity index is 1080. The maximum absolute atomic E-state index is 12.2. The lowest BCUT2D eigenvalue weighted by Gasteiger charge is -2.08. The molecule has 1 aromatic carbocycles. The summed E-state index contributed by atoms with van der Waals surface area (Å²) in [5.41, 5.74) is 3.15. The van der Waals surface area contributed by atoms with Crippen LogP contribution in [0, 0.1) is 13.8 Å². The van der Waals surface area contributed by atoms with Gasteiger partial charge in [0.05, 0.1) is 12.2 Å². The van der Waals surface area contributed by atoms with Gasteiger partial charge in [0.2, 0.25) is 0 Å². The Labute approximate surface area is 178 Å². The zero-order valence-corrected chi connectivity index (χ0v) is 18.0. The van der Waals surface area contributed by atoms with Crippen molar-refractivity contribution in [3.63, 3.8) is 0 Å². The molecule has 0 saturated heterocycles. The van der Waals surface area contributed by atoms with Gasteiger partial charge in [-0.25, -0.2) is 4.79 Å². The molecule has 0 spiro atoms. The van der Waals surface area contributed by atoms with E-state index in [1.807, 2.05) is 37.4 Å². The molecule has 158 valence electrons. The summed E-state index contributed by atoms with van der Waals surface area (Å²) in [5, 5.41) is 4.13. The van der Waals surface area contributed by atoms with Crippen molar-refractivity contribution in [3.05, 3.63) is 52.0 Å². The number of carbonyl (C=O) groups excluding carboxylic acids is 3. The van der Waals surface area contributed by atoms with E-state index in [1.54, 1.807) is 13.8 Å². The van der Waals surface area contributed by atoms with E-state index in [0.29, 0.717) is 17.0 Å². The fourth-order valence-electron chi connectivity index (χ4n) is 3.12. The van der Waals surface area contributed by atoms with Gasteiger partial charge in [0, 0.05) is 28.4 Å². The highest BCUT2D eigenvalue weighted by molar-refractivity contribution is 7.16. The molecule has 0 unspecified atom stereocenters. The van der Waals surface area contributed by atoms with Gasteiger partial charge in [-0.15, -0.1) is 11.3 Å². The summed E-state index contributed by atoms with van der Waals surface area (Å²) in [6, 6.07) is 7.85. The third kappa shape index (κ3) is 4.88. The van der Waals surface area contributed by atoms with Gasteiger partial charge >= 0.3 is 11.9 Å². The minimum absolute atomic E-state index is 0.167. The Morgan fingerprint density at radius 2 is 1.90 bits per heavy atom. The monoisotopic (exact) mass is 428 g/mol. The lowest BCUT2D eigenvalue weighted by Crippen LogP contribution is -2.22. The number of hydrogen-bond acceptors (Lipinski definition) is 6. The molecule has 0 fully saturated rings. The first-order chi connectivity index (χ1) is 14.4. The topological polar surface area (TPSA) is 97.5 Å². The minimum Gasteiger partial charge on any atom is -0.462 e. The van der Waals surface area contributed by atoms with Crippen molar-refractivity contribution in [3.8, 4) is 0 Å². The molecule has 0 aliphatic rings. The molecular weight excluding hydrogens is 404 g/mol. The highest BCUT2D eigenvalue weighted by atomic mass is 32.1. The second kappa shape index (κ2) is 9.58. The first-order valence-corrected chi connectivity index (χ1v) is 10.5. The van der Waals surface area contributed by atoms with Crippen LogP contribution in [0.25, 0.3) is 10.9 Å². The van der Waals surface area contributed by atoms with E-state index >= 15 is 0 Å². The molecule has 0 aliphatic heterocycles. The number of ether oxygens (including phenoxy) is 2. The molecule has 7 nitrogen and oxygen atoms in total. The standard InChI is InChI=1S/C22H24N2O5S/c1-4-28-22(27)20-13(2)14(3)30-21(20)24-18(25)12-29-19(26)10-9-15-11-23-17-8-6-5-7-16(15)17/h5-8,11,23H,4,9-10,12H2,1-3H3,(H,24,25). The van der Waals surface area contributed by atoms with Gasteiger partial charge < -0.3 is 19.8 Å². The van der Waals surface area contributed by atoms with Crippen LogP contribution < -0.4 is 5.32 Å². The van der Waals surface area contributed by atoms with Crippen LogP contribution in [0.4, 0.5) is 5.00 Å². The Morgan fingerprint density at radius 1 is 1.13 bits per heavy atom. The number of anilines is 1. The third-order valence-electron chi connectivity index (χ3n) is 4.76. The van der Waals surface area contributed by atoms with E-state index < -0.39 is 24.5 Å². The molecule has 0 saturated carbocycles. The highest BCUT2D eigenvalue weighted by Crippen LogP contribution is 2.33. The van der Waals surface area contributed by atoms with Crippen LogP contribution in [0.15, 0.2) is 30.5 Å². The number of H-pyrrole nitrogens is 1. The molecule has 30 heavy (non-hydrogen) atoms. The Morgan fingerprint density at radius 3 is 2.67 bits per heavy atom. The van der Waals surface area contributed by atoms with Crippen LogP contribution in [0.3, 0.4) is 0 Å². The molecule has 3 aromatic rings. The normalized spacial score (nSPS) is 10.8. The first-order valence-electron chi connectivity index (χ1n) is 9.68. The number of aromatic amines is 1. The van der Waals surface area contributed by atoms with Gasteiger partial charge in [-0.05, 0) is 44.4 Å². The molecule has 0 bridgehead atoms. The van der Waals surface area contributed by atoms with Crippen LogP contribution >= 0.6 is 11.3 Å². The molecule has 0 atom stereocenters. The quantitative estimate of drug-likeness (QED) is 0.526. The predicted octanol–water partition coefficient (Wildman–Crippen LogP) is 4.14. The van der Waals surface area contributed by atoms with Gasteiger partial charge in [-0.2, -0.15) is 0 Å². The number of hydrogen-bond donors (Lipinski definition) is 2. The van der Waals surface area contributed by atoms with Gasteiger partial charge in [0.15, 0.2) is 6.61 Å². The molecule has 2 heterocycles. The first kappa shape index (κ1) is 21.6. The van der Waals surface area contributed by atoms with Crippen molar-refractivity contribution < 1.29 is 23.9 Å². The second-order valence-electron chi connectivity index (χ2n) is 6.78. The van der Waals surface area contributed by atoms with Gasteiger partial charge in [-0.3, -0.25) is 9.59 Å². The van der Waals surface area contributed by atoms with Crippen LogP contribution in [0.2, 0.25) is 0 Å². The van der Waals surface area contributed by atoms with Crippen molar-refractivity contribution in [2.24, 2.45) is 0 Å². The molecule has 0 radical (unpaired) electrons. The van der Waals surface area contributed by atoms with Crippen molar-refractivity contribution >= 4 is 45.1 Å². The summed E-state index contributed by atoms with van der Waals surface area (Å²) in [5.74, 6) is -1.44. The number of para-hydroxylation sites is 1. The molecule has 0 aliphatic carbocycles. The van der Waals surface area contributed by atoms with Crippen LogP contribution in [-0.4, -0.2) is 36.0 Å². The van der Waals surface area contributed by atoms with Gasteiger partial charge in [0.1, 0.15) is 5.00 Å². The maximum Gasteiger partial charge on any atom is 0.341 e. The molecular formula is C22H24N2O5S. The zero-order valence-electron chi connectivity index (χ0n) is 17.2. The van der Waals surface area contributed by atoms with Crippen molar-refractivity contribution in [1.82, 2.24) is 4.98 Å². The maximum atomic E-state index is 12.2. The number of benzene rings is 1.